The number of para-hydroxylation sites is 1. The van der Waals surface area contributed by atoms with Crippen LogP contribution >= 0.6 is 0 Å². The van der Waals surface area contributed by atoms with E-state index in [4.69, 9.17) is 9.84 Å². The minimum Gasteiger partial charge on any atom is -0.490 e. The highest BCUT2D eigenvalue weighted by atomic mass is 19.1. The topological polar surface area (TPSA) is 46.5 Å². The molecular weight excluding hydrogens is 223 g/mol. The molecule has 0 atom stereocenters. The van der Waals surface area contributed by atoms with Crippen LogP contribution < -0.4 is 4.74 Å². The first-order valence-corrected chi connectivity index (χ1v) is 5.33. The van der Waals surface area contributed by atoms with E-state index in [1.807, 2.05) is 13.8 Å². The first kappa shape index (κ1) is 13.2. The number of rotatable bonds is 5. The lowest BCUT2D eigenvalue weighted by molar-refractivity contribution is -0.131. The summed E-state index contributed by atoms with van der Waals surface area (Å²) in [5.74, 6) is -1.20. The quantitative estimate of drug-likeness (QED) is 0.802. The molecule has 0 aliphatic rings. The Morgan fingerprint density at radius 3 is 2.82 bits per heavy atom. The Morgan fingerprint density at radius 2 is 2.24 bits per heavy atom. The van der Waals surface area contributed by atoms with Crippen LogP contribution in [0.15, 0.2) is 24.3 Å². The van der Waals surface area contributed by atoms with E-state index in [-0.39, 0.29) is 11.7 Å². The molecule has 0 amide bonds. The summed E-state index contributed by atoms with van der Waals surface area (Å²) in [6, 6.07) is 4.41. The molecule has 0 heterocycles. The summed E-state index contributed by atoms with van der Waals surface area (Å²) in [7, 11) is 0. The Balaban J connectivity index is 2.95. The van der Waals surface area contributed by atoms with Crippen LogP contribution in [0.1, 0.15) is 19.4 Å². The second-order valence-electron chi connectivity index (χ2n) is 4.03. The van der Waals surface area contributed by atoms with Crippen molar-refractivity contribution in [1.29, 1.82) is 0 Å². The standard InChI is InChI=1S/C13H15FO3/c1-9(2)8-17-13-10(6-7-12(15)16)4-3-5-11(13)14/h3-7,9H,8H2,1-2H3,(H,15,16)/b7-6+. The van der Waals surface area contributed by atoms with Crippen molar-refractivity contribution >= 4 is 12.0 Å². The SMILES string of the molecule is CC(C)COc1c(F)cccc1/C=C/C(=O)O. The highest BCUT2D eigenvalue weighted by Gasteiger charge is 2.08. The Labute approximate surface area is 99.5 Å². The predicted molar refractivity (Wildman–Crippen MR) is 63.4 cm³/mol. The first-order valence-electron chi connectivity index (χ1n) is 5.33. The van der Waals surface area contributed by atoms with E-state index in [1.54, 1.807) is 6.07 Å². The average Bonchev–Trinajstić information content (AvgIpc) is 2.24. The third-order valence-corrected chi connectivity index (χ3v) is 1.96. The van der Waals surface area contributed by atoms with Gasteiger partial charge in [-0.25, -0.2) is 9.18 Å². The van der Waals surface area contributed by atoms with Crippen molar-refractivity contribution < 1.29 is 19.0 Å². The molecule has 1 aromatic carbocycles. The minimum absolute atomic E-state index is 0.0960. The monoisotopic (exact) mass is 238 g/mol. The van der Waals surface area contributed by atoms with Gasteiger partial charge >= 0.3 is 5.97 Å². The maximum absolute atomic E-state index is 13.5. The predicted octanol–water partition coefficient (Wildman–Crippen LogP) is 2.96. The van der Waals surface area contributed by atoms with Gasteiger partial charge in [-0.05, 0) is 18.1 Å². The van der Waals surface area contributed by atoms with Crippen LogP contribution in [0.5, 0.6) is 5.75 Å². The molecule has 0 aliphatic heterocycles. The zero-order valence-corrected chi connectivity index (χ0v) is 9.81. The van der Waals surface area contributed by atoms with Crippen LogP contribution in [0, 0.1) is 11.7 Å². The molecule has 0 aromatic heterocycles. The van der Waals surface area contributed by atoms with Gasteiger partial charge in [0.05, 0.1) is 6.61 Å². The van der Waals surface area contributed by atoms with Gasteiger partial charge < -0.3 is 9.84 Å². The van der Waals surface area contributed by atoms with E-state index in [1.165, 1.54) is 18.2 Å². The molecule has 0 saturated carbocycles. The van der Waals surface area contributed by atoms with Crippen LogP contribution in [0.25, 0.3) is 6.08 Å². The first-order chi connectivity index (χ1) is 8.00. The zero-order chi connectivity index (χ0) is 12.8. The van der Waals surface area contributed by atoms with Crippen molar-refractivity contribution in [1.82, 2.24) is 0 Å². The number of carboxylic acids is 1. The fraction of sp³-hybridized carbons (Fsp3) is 0.308. The van der Waals surface area contributed by atoms with Crippen molar-refractivity contribution in [2.24, 2.45) is 5.92 Å². The lowest BCUT2D eigenvalue weighted by Gasteiger charge is -2.11. The van der Waals surface area contributed by atoms with E-state index >= 15 is 0 Å². The summed E-state index contributed by atoms with van der Waals surface area (Å²) in [5.41, 5.74) is 0.424. The molecule has 4 heteroatoms. The van der Waals surface area contributed by atoms with E-state index < -0.39 is 11.8 Å². The Morgan fingerprint density at radius 1 is 1.53 bits per heavy atom. The normalized spacial score (nSPS) is 11.1. The number of carbonyl (C=O) groups is 1. The van der Waals surface area contributed by atoms with Crippen molar-refractivity contribution in [2.75, 3.05) is 6.61 Å². The summed E-state index contributed by atoms with van der Waals surface area (Å²) >= 11 is 0. The number of halogens is 1. The molecule has 0 radical (unpaired) electrons. The molecular formula is C13H15FO3. The van der Waals surface area contributed by atoms with Gasteiger partial charge in [0.2, 0.25) is 0 Å². The number of hydrogen-bond donors (Lipinski definition) is 1. The molecule has 1 N–H and O–H groups in total. The van der Waals surface area contributed by atoms with Crippen molar-refractivity contribution in [3.8, 4) is 5.75 Å². The van der Waals surface area contributed by atoms with E-state index in [9.17, 15) is 9.18 Å². The Bertz CT molecular complexity index is 425. The number of benzene rings is 1. The van der Waals surface area contributed by atoms with Gasteiger partial charge in [0.25, 0.3) is 0 Å². The summed E-state index contributed by atoms with van der Waals surface area (Å²) in [6.07, 6.45) is 2.28. The zero-order valence-electron chi connectivity index (χ0n) is 9.81. The van der Waals surface area contributed by atoms with Gasteiger partial charge in [-0.1, -0.05) is 26.0 Å². The smallest absolute Gasteiger partial charge is 0.328 e. The molecule has 3 nitrogen and oxygen atoms in total. The second kappa shape index (κ2) is 6.03. The molecule has 0 bridgehead atoms. The highest BCUT2D eigenvalue weighted by Crippen LogP contribution is 2.24. The molecule has 0 saturated heterocycles. The summed E-state index contributed by atoms with van der Waals surface area (Å²) in [4.78, 5) is 10.4. The number of carboxylic acid groups (broad SMARTS) is 1. The van der Waals surface area contributed by atoms with Crippen molar-refractivity contribution in [2.45, 2.75) is 13.8 Å². The van der Waals surface area contributed by atoms with Gasteiger partial charge in [0, 0.05) is 11.6 Å². The molecule has 92 valence electrons. The van der Waals surface area contributed by atoms with Crippen LogP contribution in [0.3, 0.4) is 0 Å². The lowest BCUT2D eigenvalue weighted by Crippen LogP contribution is -2.06. The van der Waals surface area contributed by atoms with Crippen molar-refractivity contribution in [3.05, 3.63) is 35.7 Å². The third-order valence-electron chi connectivity index (χ3n) is 1.96. The van der Waals surface area contributed by atoms with Gasteiger partial charge in [-0.15, -0.1) is 0 Å². The lowest BCUT2D eigenvalue weighted by atomic mass is 10.1. The van der Waals surface area contributed by atoms with Gasteiger partial charge in [0.1, 0.15) is 0 Å². The van der Waals surface area contributed by atoms with Crippen LogP contribution in [0.2, 0.25) is 0 Å². The van der Waals surface area contributed by atoms with Crippen LogP contribution in [0.4, 0.5) is 4.39 Å². The van der Waals surface area contributed by atoms with Crippen LogP contribution in [-0.4, -0.2) is 17.7 Å². The highest BCUT2D eigenvalue weighted by molar-refractivity contribution is 5.85. The number of ether oxygens (including phenoxy) is 1. The number of hydrogen-bond acceptors (Lipinski definition) is 2. The van der Waals surface area contributed by atoms with Crippen molar-refractivity contribution in [3.63, 3.8) is 0 Å². The van der Waals surface area contributed by atoms with Gasteiger partial charge in [-0.2, -0.15) is 0 Å². The molecule has 0 aliphatic carbocycles. The molecule has 0 unspecified atom stereocenters. The molecule has 0 fully saturated rings. The summed E-state index contributed by atoms with van der Waals surface area (Å²) in [6.45, 7) is 4.29. The maximum atomic E-state index is 13.5. The van der Waals surface area contributed by atoms with Crippen LogP contribution in [-0.2, 0) is 4.79 Å². The largest absolute Gasteiger partial charge is 0.490 e. The average molecular weight is 238 g/mol. The molecule has 17 heavy (non-hydrogen) atoms. The van der Waals surface area contributed by atoms with E-state index in [0.717, 1.165) is 6.08 Å². The molecule has 1 rings (SSSR count). The maximum Gasteiger partial charge on any atom is 0.328 e. The molecule has 0 spiro atoms. The second-order valence-corrected chi connectivity index (χ2v) is 4.03. The number of aliphatic carboxylic acids is 1. The third kappa shape index (κ3) is 4.26. The molecule has 1 aromatic rings. The summed E-state index contributed by atoms with van der Waals surface area (Å²) < 4.78 is 18.9. The Kier molecular flexibility index (Phi) is 4.69. The minimum atomic E-state index is -1.08. The van der Waals surface area contributed by atoms with Gasteiger partial charge in [0.15, 0.2) is 11.6 Å². The van der Waals surface area contributed by atoms with E-state index in [0.29, 0.717) is 12.2 Å². The van der Waals surface area contributed by atoms with Gasteiger partial charge in [-0.3, -0.25) is 0 Å². The fourth-order valence-corrected chi connectivity index (χ4v) is 1.22. The summed E-state index contributed by atoms with van der Waals surface area (Å²) in [5, 5.41) is 8.53. The Hall–Kier alpha value is -1.84. The van der Waals surface area contributed by atoms with E-state index in [2.05, 4.69) is 0 Å². The fourth-order valence-electron chi connectivity index (χ4n) is 1.22.